The Hall–Kier alpha value is -3.04. The Morgan fingerprint density at radius 2 is 1.88 bits per heavy atom. The Balaban J connectivity index is 1.95. The summed E-state index contributed by atoms with van der Waals surface area (Å²) in [5, 5.41) is 23.9. The SMILES string of the molecule is CC(C)CC(CO)NC(=O)Nc1ccc(Oc2ccccc2C#N)cc1. The number of rotatable bonds is 7. The first-order valence-corrected chi connectivity index (χ1v) is 8.47. The molecule has 0 aliphatic carbocycles. The van der Waals surface area contributed by atoms with Crippen LogP contribution in [0.4, 0.5) is 10.5 Å². The van der Waals surface area contributed by atoms with Crippen molar-refractivity contribution in [3.63, 3.8) is 0 Å². The lowest BCUT2D eigenvalue weighted by molar-refractivity contribution is 0.214. The van der Waals surface area contributed by atoms with Crippen molar-refractivity contribution in [2.45, 2.75) is 26.3 Å². The number of aliphatic hydroxyl groups excluding tert-OH is 1. The van der Waals surface area contributed by atoms with E-state index in [1.54, 1.807) is 48.5 Å². The number of benzene rings is 2. The average Bonchev–Trinajstić information content (AvgIpc) is 2.62. The van der Waals surface area contributed by atoms with Gasteiger partial charge in [-0.25, -0.2) is 4.79 Å². The summed E-state index contributed by atoms with van der Waals surface area (Å²) in [6, 6.07) is 15.3. The van der Waals surface area contributed by atoms with Crippen LogP contribution in [0.25, 0.3) is 0 Å². The van der Waals surface area contributed by atoms with Gasteiger partial charge in [0.2, 0.25) is 0 Å². The summed E-state index contributed by atoms with van der Waals surface area (Å²) < 4.78 is 5.70. The Bertz CT molecular complexity index is 767. The Morgan fingerprint density at radius 1 is 1.19 bits per heavy atom. The van der Waals surface area contributed by atoms with Gasteiger partial charge in [-0.15, -0.1) is 0 Å². The van der Waals surface area contributed by atoms with Crippen molar-refractivity contribution in [3.8, 4) is 17.6 Å². The number of anilines is 1. The van der Waals surface area contributed by atoms with Gasteiger partial charge in [0.05, 0.1) is 18.2 Å². The molecule has 0 radical (unpaired) electrons. The summed E-state index contributed by atoms with van der Waals surface area (Å²) >= 11 is 0. The van der Waals surface area contributed by atoms with Gasteiger partial charge in [0.1, 0.15) is 17.6 Å². The fourth-order valence-corrected chi connectivity index (χ4v) is 2.48. The zero-order chi connectivity index (χ0) is 18.9. The molecule has 0 aromatic heterocycles. The van der Waals surface area contributed by atoms with E-state index in [1.165, 1.54) is 0 Å². The zero-order valence-corrected chi connectivity index (χ0v) is 14.9. The molecule has 6 nitrogen and oxygen atoms in total. The molecule has 0 spiro atoms. The molecule has 26 heavy (non-hydrogen) atoms. The number of nitrogens with zero attached hydrogens (tertiary/aromatic N) is 1. The second-order valence-corrected chi connectivity index (χ2v) is 6.34. The van der Waals surface area contributed by atoms with E-state index in [0.29, 0.717) is 35.1 Å². The highest BCUT2D eigenvalue weighted by Crippen LogP contribution is 2.25. The van der Waals surface area contributed by atoms with E-state index in [1.807, 2.05) is 13.8 Å². The number of carbonyl (C=O) groups is 1. The molecular weight excluding hydrogens is 330 g/mol. The molecule has 3 N–H and O–H groups in total. The molecule has 136 valence electrons. The van der Waals surface area contributed by atoms with Gasteiger partial charge in [-0.1, -0.05) is 26.0 Å². The van der Waals surface area contributed by atoms with E-state index in [0.717, 1.165) is 0 Å². The van der Waals surface area contributed by atoms with Crippen LogP contribution < -0.4 is 15.4 Å². The van der Waals surface area contributed by atoms with Crippen LogP contribution in [0.2, 0.25) is 0 Å². The largest absolute Gasteiger partial charge is 0.456 e. The summed E-state index contributed by atoms with van der Waals surface area (Å²) in [4.78, 5) is 12.0. The number of nitriles is 1. The fourth-order valence-electron chi connectivity index (χ4n) is 2.48. The van der Waals surface area contributed by atoms with Crippen LogP contribution in [-0.4, -0.2) is 23.8 Å². The van der Waals surface area contributed by atoms with Crippen LogP contribution >= 0.6 is 0 Å². The smallest absolute Gasteiger partial charge is 0.319 e. The molecule has 1 atom stereocenters. The van der Waals surface area contributed by atoms with E-state index >= 15 is 0 Å². The minimum Gasteiger partial charge on any atom is -0.456 e. The van der Waals surface area contributed by atoms with Crippen LogP contribution in [0.1, 0.15) is 25.8 Å². The van der Waals surface area contributed by atoms with E-state index in [-0.39, 0.29) is 18.7 Å². The predicted octanol–water partition coefficient (Wildman–Crippen LogP) is 3.88. The molecule has 0 fully saturated rings. The van der Waals surface area contributed by atoms with Gasteiger partial charge in [-0.3, -0.25) is 0 Å². The van der Waals surface area contributed by atoms with Crippen molar-refractivity contribution < 1.29 is 14.6 Å². The van der Waals surface area contributed by atoms with Crippen LogP contribution in [0.5, 0.6) is 11.5 Å². The average molecular weight is 353 g/mol. The molecule has 2 rings (SSSR count). The van der Waals surface area contributed by atoms with Gasteiger partial charge >= 0.3 is 6.03 Å². The number of urea groups is 1. The second-order valence-electron chi connectivity index (χ2n) is 6.34. The van der Waals surface area contributed by atoms with Crippen molar-refractivity contribution >= 4 is 11.7 Å². The fraction of sp³-hybridized carbons (Fsp3) is 0.300. The Morgan fingerprint density at radius 3 is 2.50 bits per heavy atom. The van der Waals surface area contributed by atoms with Crippen molar-refractivity contribution in [2.75, 3.05) is 11.9 Å². The molecule has 0 saturated carbocycles. The first-order valence-electron chi connectivity index (χ1n) is 8.47. The maximum atomic E-state index is 12.0. The zero-order valence-electron chi connectivity index (χ0n) is 14.9. The van der Waals surface area contributed by atoms with Crippen molar-refractivity contribution in [3.05, 3.63) is 54.1 Å². The van der Waals surface area contributed by atoms with Gasteiger partial charge in [0.25, 0.3) is 0 Å². The third kappa shape index (κ3) is 5.80. The highest BCUT2D eigenvalue weighted by atomic mass is 16.5. The van der Waals surface area contributed by atoms with Gasteiger partial charge in [0, 0.05) is 5.69 Å². The lowest BCUT2D eigenvalue weighted by Crippen LogP contribution is -2.40. The van der Waals surface area contributed by atoms with Crippen LogP contribution in [-0.2, 0) is 0 Å². The molecule has 2 aromatic rings. The molecule has 0 bridgehead atoms. The molecule has 0 aliphatic heterocycles. The van der Waals surface area contributed by atoms with Crippen molar-refractivity contribution in [1.82, 2.24) is 5.32 Å². The summed E-state index contributed by atoms with van der Waals surface area (Å²) in [6.45, 7) is 3.97. The van der Waals surface area contributed by atoms with Crippen LogP contribution in [0.3, 0.4) is 0 Å². The minimum atomic E-state index is -0.367. The van der Waals surface area contributed by atoms with Gasteiger partial charge in [0.15, 0.2) is 0 Å². The maximum Gasteiger partial charge on any atom is 0.319 e. The number of carbonyl (C=O) groups excluding carboxylic acids is 1. The molecule has 2 amide bonds. The number of hydrogen-bond donors (Lipinski definition) is 3. The molecule has 0 heterocycles. The van der Waals surface area contributed by atoms with Crippen LogP contribution in [0, 0.1) is 17.2 Å². The third-order valence-corrected chi connectivity index (χ3v) is 3.66. The van der Waals surface area contributed by atoms with E-state index in [4.69, 9.17) is 10.00 Å². The number of hydrogen-bond acceptors (Lipinski definition) is 4. The number of amides is 2. The number of ether oxygens (including phenoxy) is 1. The molecular formula is C20H23N3O3. The molecule has 0 saturated heterocycles. The first kappa shape index (κ1) is 19.3. The standard InChI is InChI=1S/C20H23N3O3/c1-14(2)11-17(13-24)23-20(25)22-16-7-9-18(10-8-16)26-19-6-4-3-5-15(19)12-21/h3-10,14,17,24H,11,13H2,1-2H3,(H2,22,23,25). The summed E-state index contributed by atoms with van der Waals surface area (Å²) in [5.41, 5.74) is 1.05. The highest BCUT2D eigenvalue weighted by molar-refractivity contribution is 5.89. The summed E-state index contributed by atoms with van der Waals surface area (Å²) in [5.74, 6) is 1.42. The van der Waals surface area contributed by atoms with Gasteiger partial charge in [-0.2, -0.15) is 5.26 Å². The Labute approximate surface area is 153 Å². The van der Waals surface area contributed by atoms with E-state index in [9.17, 15) is 9.90 Å². The molecule has 6 heteroatoms. The van der Waals surface area contributed by atoms with Gasteiger partial charge in [-0.05, 0) is 48.7 Å². The van der Waals surface area contributed by atoms with Crippen molar-refractivity contribution in [2.24, 2.45) is 5.92 Å². The van der Waals surface area contributed by atoms with E-state index < -0.39 is 0 Å². The quantitative estimate of drug-likeness (QED) is 0.704. The molecule has 1 unspecified atom stereocenters. The maximum absolute atomic E-state index is 12.0. The number of aliphatic hydroxyl groups is 1. The van der Waals surface area contributed by atoms with Crippen LogP contribution in [0.15, 0.2) is 48.5 Å². The summed E-state index contributed by atoms with van der Waals surface area (Å²) in [6.07, 6.45) is 0.703. The lowest BCUT2D eigenvalue weighted by atomic mass is 10.0. The predicted molar refractivity (Wildman–Crippen MR) is 100 cm³/mol. The molecule has 0 aliphatic rings. The third-order valence-electron chi connectivity index (χ3n) is 3.66. The Kier molecular flexibility index (Phi) is 7.01. The minimum absolute atomic E-state index is 0.101. The first-order chi connectivity index (χ1) is 12.5. The normalized spacial score (nSPS) is 11.5. The van der Waals surface area contributed by atoms with Crippen molar-refractivity contribution in [1.29, 1.82) is 5.26 Å². The topological polar surface area (TPSA) is 94.4 Å². The summed E-state index contributed by atoms with van der Waals surface area (Å²) in [7, 11) is 0. The van der Waals surface area contributed by atoms with Gasteiger partial charge < -0.3 is 20.5 Å². The highest BCUT2D eigenvalue weighted by Gasteiger charge is 2.13. The second kappa shape index (κ2) is 9.44. The lowest BCUT2D eigenvalue weighted by Gasteiger charge is -2.18. The number of para-hydroxylation sites is 1. The monoisotopic (exact) mass is 353 g/mol. The van der Waals surface area contributed by atoms with E-state index in [2.05, 4.69) is 16.7 Å². The molecule has 2 aromatic carbocycles. The number of nitrogens with one attached hydrogen (secondary N) is 2.